The van der Waals surface area contributed by atoms with E-state index >= 15 is 0 Å². The molecule has 0 saturated carbocycles. The van der Waals surface area contributed by atoms with Crippen LogP contribution in [0, 0.1) is 0 Å². The third kappa shape index (κ3) is 5.28. The molecule has 0 radical (unpaired) electrons. The Balaban J connectivity index is 4.73. The van der Waals surface area contributed by atoms with Crippen molar-refractivity contribution in [2.24, 2.45) is 0 Å². The maximum absolute atomic E-state index is 6.18. The number of hydrogen-bond acceptors (Lipinski definition) is 3. The summed E-state index contributed by atoms with van der Waals surface area (Å²) in [5, 5.41) is 0. The monoisotopic (exact) mass is 230 g/mol. The lowest BCUT2D eigenvalue weighted by atomic mass is 10.2. The molecule has 3 nitrogen and oxygen atoms in total. The third-order valence-electron chi connectivity index (χ3n) is 2.71. The minimum atomic E-state index is -0.101. The van der Waals surface area contributed by atoms with Crippen LogP contribution in [0.25, 0.3) is 0 Å². The summed E-state index contributed by atoms with van der Waals surface area (Å²) >= 11 is 0. The van der Waals surface area contributed by atoms with Crippen LogP contribution in [-0.4, -0.2) is 47.9 Å². The zero-order valence-electron chi connectivity index (χ0n) is 12.2. The number of rotatable bonds is 7. The Hall–Kier alpha value is -0.120. The molecule has 0 fully saturated rings. The van der Waals surface area contributed by atoms with Gasteiger partial charge in [0.1, 0.15) is 0 Å². The highest BCUT2D eigenvalue weighted by Crippen LogP contribution is 2.16. The minimum Gasteiger partial charge on any atom is -0.344 e. The number of ether oxygens (including phenoxy) is 1. The summed E-state index contributed by atoms with van der Waals surface area (Å²) in [5.74, 6) is 0. The molecule has 98 valence electrons. The topological polar surface area (TPSA) is 15.7 Å². The smallest absolute Gasteiger partial charge is 0.169 e. The van der Waals surface area contributed by atoms with E-state index in [1.807, 2.05) is 0 Å². The molecule has 0 heterocycles. The van der Waals surface area contributed by atoms with Gasteiger partial charge in [-0.3, -0.25) is 9.80 Å². The molecule has 0 aliphatic heterocycles. The molecule has 3 heteroatoms. The molecule has 0 atom stereocenters. The SMILES string of the molecule is CCN(CC)C(OC(C)(C)C)N(CC)CC. The van der Waals surface area contributed by atoms with E-state index in [2.05, 4.69) is 58.3 Å². The molecule has 0 bridgehead atoms. The van der Waals surface area contributed by atoms with Crippen molar-refractivity contribution >= 4 is 0 Å². The van der Waals surface area contributed by atoms with Gasteiger partial charge in [-0.25, -0.2) is 0 Å². The fraction of sp³-hybridized carbons (Fsp3) is 1.00. The van der Waals surface area contributed by atoms with Crippen LogP contribution >= 0.6 is 0 Å². The molecule has 0 rings (SSSR count). The first-order valence-electron chi connectivity index (χ1n) is 6.55. The van der Waals surface area contributed by atoms with Gasteiger partial charge in [-0.15, -0.1) is 0 Å². The Bertz CT molecular complexity index is 157. The largest absolute Gasteiger partial charge is 0.344 e. The highest BCUT2D eigenvalue weighted by Gasteiger charge is 2.26. The molecule has 0 amide bonds. The van der Waals surface area contributed by atoms with Gasteiger partial charge < -0.3 is 4.74 Å². The zero-order chi connectivity index (χ0) is 12.8. The molecule has 0 aromatic carbocycles. The Morgan fingerprint density at radius 2 is 1.12 bits per heavy atom. The molecule has 0 saturated heterocycles. The maximum atomic E-state index is 6.18. The molecule has 0 aromatic rings. The van der Waals surface area contributed by atoms with Crippen LogP contribution in [0.15, 0.2) is 0 Å². The first-order chi connectivity index (χ1) is 7.39. The fourth-order valence-electron chi connectivity index (χ4n) is 1.77. The summed E-state index contributed by atoms with van der Waals surface area (Å²) in [6.07, 6.45) is 0.102. The lowest BCUT2D eigenvalue weighted by Gasteiger charge is -2.41. The standard InChI is InChI=1S/C13H30N2O/c1-8-14(9-2)12(15(10-3)11-4)16-13(5,6)7/h12H,8-11H2,1-7H3. The van der Waals surface area contributed by atoms with Crippen LogP contribution in [0.2, 0.25) is 0 Å². The van der Waals surface area contributed by atoms with Crippen molar-refractivity contribution < 1.29 is 4.74 Å². The van der Waals surface area contributed by atoms with Crippen molar-refractivity contribution in [3.05, 3.63) is 0 Å². The second kappa shape index (κ2) is 7.25. The van der Waals surface area contributed by atoms with Crippen LogP contribution in [-0.2, 0) is 4.74 Å². The van der Waals surface area contributed by atoms with E-state index in [1.54, 1.807) is 0 Å². The molecule has 0 spiro atoms. The summed E-state index contributed by atoms with van der Waals surface area (Å²) < 4.78 is 6.18. The van der Waals surface area contributed by atoms with Gasteiger partial charge in [0.05, 0.1) is 5.60 Å². The molecule has 0 aromatic heterocycles. The van der Waals surface area contributed by atoms with Gasteiger partial charge in [0.2, 0.25) is 0 Å². The maximum Gasteiger partial charge on any atom is 0.169 e. The van der Waals surface area contributed by atoms with E-state index in [-0.39, 0.29) is 12.0 Å². The molecule has 0 N–H and O–H groups in total. The zero-order valence-corrected chi connectivity index (χ0v) is 12.2. The van der Waals surface area contributed by atoms with Gasteiger partial charge in [0.15, 0.2) is 6.35 Å². The lowest BCUT2D eigenvalue weighted by molar-refractivity contribution is -0.200. The predicted molar refractivity (Wildman–Crippen MR) is 70.5 cm³/mol. The first-order valence-corrected chi connectivity index (χ1v) is 6.55. The van der Waals surface area contributed by atoms with Gasteiger partial charge in [-0.2, -0.15) is 0 Å². The third-order valence-corrected chi connectivity index (χ3v) is 2.71. The van der Waals surface area contributed by atoms with Crippen LogP contribution < -0.4 is 0 Å². The minimum absolute atomic E-state index is 0.101. The Morgan fingerprint density at radius 3 is 1.31 bits per heavy atom. The molecule has 0 aliphatic carbocycles. The van der Waals surface area contributed by atoms with Crippen LogP contribution in [0.5, 0.6) is 0 Å². The Morgan fingerprint density at radius 1 is 0.812 bits per heavy atom. The van der Waals surface area contributed by atoms with Crippen LogP contribution in [0.1, 0.15) is 48.5 Å². The first kappa shape index (κ1) is 15.9. The van der Waals surface area contributed by atoms with E-state index in [0.29, 0.717) is 0 Å². The van der Waals surface area contributed by atoms with Crippen molar-refractivity contribution in [3.8, 4) is 0 Å². The normalized spacial score (nSPS) is 13.1. The molecular weight excluding hydrogens is 200 g/mol. The van der Waals surface area contributed by atoms with E-state index in [9.17, 15) is 0 Å². The Kier molecular flexibility index (Phi) is 7.20. The number of hydrogen-bond donors (Lipinski definition) is 0. The van der Waals surface area contributed by atoms with E-state index in [4.69, 9.17) is 4.74 Å². The average Bonchev–Trinajstić information content (AvgIpc) is 2.19. The number of nitrogens with zero attached hydrogens (tertiary/aromatic N) is 2. The van der Waals surface area contributed by atoms with Gasteiger partial charge in [-0.05, 0) is 47.0 Å². The second-order valence-corrected chi connectivity index (χ2v) is 5.00. The lowest BCUT2D eigenvalue weighted by Crippen LogP contribution is -2.52. The highest BCUT2D eigenvalue weighted by atomic mass is 16.5. The quantitative estimate of drug-likeness (QED) is 0.626. The molecular formula is C13H30N2O. The predicted octanol–water partition coefficient (Wildman–Crippen LogP) is 2.77. The molecule has 0 unspecified atom stereocenters. The molecule has 0 aliphatic rings. The van der Waals surface area contributed by atoms with Crippen molar-refractivity contribution in [2.45, 2.75) is 60.4 Å². The summed E-state index contributed by atoms with van der Waals surface area (Å²) in [7, 11) is 0. The van der Waals surface area contributed by atoms with Crippen LogP contribution in [0.3, 0.4) is 0 Å². The van der Waals surface area contributed by atoms with Crippen molar-refractivity contribution in [3.63, 3.8) is 0 Å². The molecule has 16 heavy (non-hydrogen) atoms. The van der Waals surface area contributed by atoms with Gasteiger partial charge in [0, 0.05) is 0 Å². The van der Waals surface area contributed by atoms with Gasteiger partial charge >= 0.3 is 0 Å². The van der Waals surface area contributed by atoms with Crippen molar-refractivity contribution in [2.75, 3.05) is 26.2 Å². The van der Waals surface area contributed by atoms with Gasteiger partial charge in [0.25, 0.3) is 0 Å². The van der Waals surface area contributed by atoms with Crippen molar-refractivity contribution in [1.82, 2.24) is 9.80 Å². The van der Waals surface area contributed by atoms with Gasteiger partial charge in [-0.1, -0.05) is 27.7 Å². The summed E-state index contributed by atoms with van der Waals surface area (Å²) in [5.41, 5.74) is -0.101. The average molecular weight is 230 g/mol. The van der Waals surface area contributed by atoms with E-state index in [1.165, 1.54) is 0 Å². The van der Waals surface area contributed by atoms with Crippen LogP contribution in [0.4, 0.5) is 0 Å². The summed E-state index contributed by atoms with van der Waals surface area (Å²) in [6, 6.07) is 0. The fourth-order valence-corrected chi connectivity index (χ4v) is 1.77. The van der Waals surface area contributed by atoms with Crippen molar-refractivity contribution in [1.29, 1.82) is 0 Å². The summed E-state index contributed by atoms with van der Waals surface area (Å²) in [4.78, 5) is 4.72. The van der Waals surface area contributed by atoms with E-state index < -0.39 is 0 Å². The van der Waals surface area contributed by atoms with E-state index in [0.717, 1.165) is 26.2 Å². The second-order valence-electron chi connectivity index (χ2n) is 5.00. The highest BCUT2D eigenvalue weighted by molar-refractivity contribution is 4.68. The summed E-state index contributed by atoms with van der Waals surface area (Å²) in [6.45, 7) is 19.2. The Labute approximate surface area is 102 Å².